The van der Waals surface area contributed by atoms with Gasteiger partial charge < -0.3 is 5.32 Å². The summed E-state index contributed by atoms with van der Waals surface area (Å²) < 4.78 is 4.45. The standard InChI is InChI=1S/C11H14N2S2/c1-2-5-12-8-9-7-10(13-15-9)11-4-3-6-14-11/h3-4,6-7,12H,2,5,8H2,1H3. The third-order valence-corrected chi connectivity index (χ3v) is 3.74. The van der Waals surface area contributed by atoms with Crippen molar-refractivity contribution < 1.29 is 0 Å². The van der Waals surface area contributed by atoms with Gasteiger partial charge in [0.15, 0.2) is 0 Å². The summed E-state index contributed by atoms with van der Waals surface area (Å²) >= 11 is 3.33. The van der Waals surface area contributed by atoms with Gasteiger partial charge in [0, 0.05) is 11.4 Å². The van der Waals surface area contributed by atoms with Gasteiger partial charge in [-0.2, -0.15) is 4.37 Å². The third kappa shape index (κ3) is 2.87. The minimum atomic E-state index is 0.941. The summed E-state index contributed by atoms with van der Waals surface area (Å²) in [4.78, 5) is 2.57. The van der Waals surface area contributed by atoms with Gasteiger partial charge in [0.25, 0.3) is 0 Å². The fourth-order valence-corrected chi connectivity index (χ4v) is 2.77. The van der Waals surface area contributed by atoms with Crippen LogP contribution < -0.4 is 5.32 Å². The van der Waals surface area contributed by atoms with Crippen LogP contribution in [0.15, 0.2) is 23.6 Å². The molecule has 2 rings (SSSR count). The fourth-order valence-electron chi connectivity index (χ4n) is 1.33. The van der Waals surface area contributed by atoms with Gasteiger partial charge in [-0.3, -0.25) is 0 Å². The molecule has 2 heterocycles. The first-order valence-corrected chi connectivity index (χ1v) is 6.75. The second-order valence-electron chi connectivity index (χ2n) is 3.33. The van der Waals surface area contributed by atoms with Gasteiger partial charge in [-0.25, -0.2) is 0 Å². The molecule has 0 saturated carbocycles. The summed E-state index contributed by atoms with van der Waals surface area (Å²) in [6, 6.07) is 6.36. The van der Waals surface area contributed by atoms with Gasteiger partial charge >= 0.3 is 0 Å². The smallest absolute Gasteiger partial charge is 0.0943 e. The van der Waals surface area contributed by atoms with Gasteiger partial charge in [-0.15, -0.1) is 11.3 Å². The van der Waals surface area contributed by atoms with E-state index < -0.39 is 0 Å². The van der Waals surface area contributed by atoms with Crippen LogP contribution in [0.2, 0.25) is 0 Å². The molecule has 0 atom stereocenters. The number of thiophene rings is 1. The van der Waals surface area contributed by atoms with Crippen LogP contribution in [0.4, 0.5) is 0 Å². The molecule has 0 spiro atoms. The van der Waals surface area contributed by atoms with Crippen molar-refractivity contribution in [3.63, 3.8) is 0 Å². The van der Waals surface area contributed by atoms with Crippen molar-refractivity contribution in [2.24, 2.45) is 0 Å². The molecule has 2 nitrogen and oxygen atoms in total. The maximum Gasteiger partial charge on any atom is 0.0943 e. The molecule has 80 valence electrons. The average Bonchev–Trinajstić information content (AvgIpc) is 2.87. The molecule has 0 saturated heterocycles. The number of nitrogens with one attached hydrogen (secondary N) is 1. The molecule has 0 aliphatic heterocycles. The van der Waals surface area contributed by atoms with Crippen LogP contribution in [-0.4, -0.2) is 10.9 Å². The van der Waals surface area contributed by atoms with Crippen LogP contribution in [0.5, 0.6) is 0 Å². The quantitative estimate of drug-likeness (QED) is 0.808. The first kappa shape index (κ1) is 10.8. The zero-order chi connectivity index (χ0) is 10.5. The first-order chi connectivity index (χ1) is 7.40. The van der Waals surface area contributed by atoms with Crippen molar-refractivity contribution >= 4 is 22.9 Å². The second kappa shape index (κ2) is 5.39. The number of hydrogen-bond donors (Lipinski definition) is 1. The monoisotopic (exact) mass is 238 g/mol. The maximum absolute atomic E-state index is 4.45. The summed E-state index contributed by atoms with van der Waals surface area (Å²) in [7, 11) is 0. The largest absolute Gasteiger partial charge is 0.312 e. The molecular weight excluding hydrogens is 224 g/mol. The van der Waals surface area contributed by atoms with Gasteiger partial charge in [0.05, 0.1) is 10.6 Å². The maximum atomic E-state index is 4.45. The molecule has 0 radical (unpaired) electrons. The minimum absolute atomic E-state index is 0.941. The van der Waals surface area contributed by atoms with Crippen LogP contribution in [0.3, 0.4) is 0 Å². The van der Waals surface area contributed by atoms with E-state index in [0.717, 1.165) is 18.8 Å². The van der Waals surface area contributed by atoms with Crippen molar-refractivity contribution in [2.75, 3.05) is 6.54 Å². The summed E-state index contributed by atoms with van der Waals surface area (Å²) in [5.41, 5.74) is 1.11. The Labute approximate surface area is 98.1 Å². The van der Waals surface area contributed by atoms with E-state index in [1.165, 1.54) is 16.2 Å². The molecule has 0 unspecified atom stereocenters. The van der Waals surface area contributed by atoms with Crippen LogP contribution in [0.25, 0.3) is 10.6 Å². The molecule has 0 fully saturated rings. The zero-order valence-corrected chi connectivity index (χ0v) is 10.3. The molecule has 0 aliphatic carbocycles. The van der Waals surface area contributed by atoms with Crippen LogP contribution in [0.1, 0.15) is 18.2 Å². The normalized spacial score (nSPS) is 10.7. The van der Waals surface area contributed by atoms with Gasteiger partial charge in [0.1, 0.15) is 0 Å². The predicted molar refractivity (Wildman–Crippen MR) is 67.4 cm³/mol. The predicted octanol–water partition coefficient (Wildman–Crippen LogP) is 3.37. The van der Waals surface area contributed by atoms with Gasteiger partial charge in [0.2, 0.25) is 0 Å². The lowest BCUT2D eigenvalue weighted by atomic mass is 10.3. The molecular formula is C11H14N2S2. The molecule has 0 bridgehead atoms. The lowest BCUT2D eigenvalue weighted by molar-refractivity contribution is 0.682. The van der Waals surface area contributed by atoms with E-state index in [0.29, 0.717) is 0 Å². The highest BCUT2D eigenvalue weighted by Gasteiger charge is 2.04. The lowest BCUT2D eigenvalue weighted by Gasteiger charge is -1.97. The van der Waals surface area contributed by atoms with E-state index in [1.54, 1.807) is 22.9 Å². The van der Waals surface area contributed by atoms with Crippen LogP contribution in [-0.2, 0) is 6.54 Å². The minimum Gasteiger partial charge on any atom is -0.312 e. The van der Waals surface area contributed by atoms with Crippen LogP contribution in [0, 0.1) is 0 Å². The highest BCUT2D eigenvalue weighted by atomic mass is 32.1. The summed E-state index contributed by atoms with van der Waals surface area (Å²) in [6.07, 6.45) is 1.18. The highest BCUT2D eigenvalue weighted by Crippen LogP contribution is 2.25. The average molecular weight is 238 g/mol. The molecule has 0 amide bonds. The van der Waals surface area contributed by atoms with Crippen molar-refractivity contribution in [1.82, 2.24) is 9.69 Å². The fraction of sp³-hybridized carbons (Fsp3) is 0.364. The Morgan fingerprint density at radius 2 is 2.40 bits per heavy atom. The molecule has 1 N–H and O–H groups in total. The van der Waals surface area contributed by atoms with Gasteiger partial charge in [-0.05, 0) is 42.0 Å². The molecule has 2 aromatic rings. The first-order valence-electron chi connectivity index (χ1n) is 5.10. The van der Waals surface area contributed by atoms with E-state index in [2.05, 4.69) is 40.2 Å². The lowest BCUT2D eigenvalue weighted by Crippen LogP contribution is -2.12. The van der Waals surface area contributed by atoms with Crippen molar-refractivity contribution in [3.8, 4) is 10.6 Å². The van der Waals surface area contributed by atoms with Crippen molar-refractivity contribution in [2.45, 2.75) is 19.9 Å². The van der Waals surface area contributed by atoms with Crippen LogP contribution >= 0.6 is 22.9 Å². The van der Waals surface area contributed by atoms with Gasteiger partial charge in [-0.1, -0.05) is 13.0 Å². The van der Waals surface area contributed by atoms with E-state index in [-0.39, 0.29) is 0 Å². The summed E-state index contributed by atoms with van der Waals surface area (Å²) in [5, 5.41) is 5.47. The van der Waals surface area contributed by atoms with Crippen molar-refractivity contribution in [3.05, 3.63) is 28.5 Å². The highest BCUT2D eigenvalue weighted by molar-refractivity contribution is 7.13. The summed E-state index contributed by atoms with van der Waals surface area (Å²) in [6.45, 7) is 4.19. The molecule has 4 heteroatoms. The Morgan fingerprint density at radius 1 is 1.47 bits per heavy atom. The topological polar surface area (TPSA) is 24.9 Å². The molecule has 0 aromatic carbocycles. The molecule has 2 aromatic heterocycles. The number of aromatic nitrogens is 1. The number of hydrogen-bond acceptors (Lipinski definition) is 4. The molecule has 0 aliphatic rings. The SMILES string of the molecule is CCCNCc1cc(-c2cccs2)ns1. The molecule has 15 heavy (non-hydrogen) atoms. The summed E-state index contributed by atoms with van der Waals surface area (Å²) in [5.74, 6) is 0. The zero-order valence-electron chi connectivity index (χ0n) is 8.69. The number of rotatable bonds is 5. The Balaban J connectivity index is 1.98. The third-order valence-electron chi connectivity index (χ3n) is 2.06. The van der Waals surface area contributed by atoms with E-state index in [4.69, 9.17) is 0 Å². The Morgan fingerprint density at radius 3 is 3.13 bits per heavy atom. The second-order valence-corrected chi connectivity index (χ2v) is 5.17. The van der Waals surface area contributed by atoms with E-state index in [9.17, 15) is 0 Å². The van der Waals surface area contributed by atoms with Crippen molar-refractivity contribution in [1.29, 1.82) is 0 Å². The van der Waals surface area contributed by atoms with E-state index >= 15 is 0 Å². The number of nitrogens with zero attached hydrogens (tertiary/aromatic N) is 1. The Kier molecular flexibility index (Phi) is 3.88. The Bertz CT molecular complexity index is 392. The van der Waals surface area contributed by atoms with E-state index in [1.807, 2.05) is 0 Å². The Hall–Kier alpha value is -0.710.